The number of hydrazine groups is 1. The van der Waals surface area contributed by atoms with Gasteiger partial charge in [-0.2, -0.15) is 0 Å². The Hall–Kier alpha value is -3.15. The van der Waals surface area contributed by atoms with Gasteiger partial charge in [0, 0.05) is 10.9 Å². The molecule has 122 valence electrons. The molecule has 0 bridgehead atoms. The van der Waals surface area contributed by atoms with Crippen LogP contribution in [0.3, 0.4) is 0 Å². The van der Waals surface area contributed by atoms with E-state index in [0.29, 0.717) is 16.8 Å². The van der Waals surface area contributed by atoms with Gasteiger partial charge >= 0.3 is 0 Å². The average molecular weight is 323 g/mol. The lowest BCUT2D eigenvalue weighted by Gasteiger charge is -2.07. The van der Waals surface area contributed by atoms with Crippen LogP contribution in [0, 0.1) is 0 Å². The molecule has 0 aliphatic carbocycles. The highest BCUT2D eigenvalue weighted by atomic mass is 16.5. The summed E-state index contributed by atoms with van der Waals surface area (Å²) in [4.78, 5) is 24.0. The van der Waals surface area contributed by atoms with Crippen LogP contribution in [0.4, 0.5) is 0 Å². The van der Waals surface area contributed by atoms with Crippen LogP contribution in [-0.2, 0) is 17.6 Å². The Morgan fingerprint density at radius 1 is 1.04 bits per heavy atom. The Morgan fingerprint density at radius 3 is 2.54 bits per heavy atom. The first-order chi connectivity index (χ1) is 11.7. The molecule has 0 spiro atoms. The SMILES string of the molecule is CCc1ccc(C(=O)NNC(=O)Cc2noc3ccccc23)cc1. The minimum absolute atomic E-state index is 0.0199. The molecule has 0 aliphatic rings. The molecule has 0 unspecified atom stereocenters. The van der Waals surface area contributed by atoms with Gasteiger partial charge in [0.2, 0.25) is 5.91 Å². The van der Waals surface area contributed by atoms with E-state index in [4.69, 9.17) is 4.52 Å². The van der Waals surface area contributed by atoms with Gasteiger partial charge in [0.25, 0.3) is 5.91 Å². The van der Waals surface area contributed by atoms with Crippen molar-refractivity contribution >= 4 is 22.8 Å². The van der Waals surface area contributed by atoms with Crippen LogP contribution in [0.25, 0.3) is 11.0 Å². The highest BCUT2D eigenvalue weighted by Crippen LogP contribution is 2.17. The van der Waals surface area contributed by atoms with E-state index >= 15 is 0 Å². The van der Waals surface area contributed by atoms with Gasteiger partial charge in [-0.3, -0.25) is 20.4 Å². The Balaban J connectivity index is 1.57. The summed E-state index contributed by atoms with van der Waals surface area (Å²) in [5.41, 5.74) is 7.58. The van der Waals surface area contributed by atoms with E-state index in [1.165, 1.54) is 0 Å². The number of aromatic nitrogens is 1. The first-order valence-corrected chi connectivity index (χ1v) is 7.69. The number of amides is 2. The van der Waals surface area contributed by atoms with Crippen LogP contribution in [0.5, 0.6) is 0 Å². The van der Waals surface area contributed by atoms with Crippen molar-refractivity contribution in [1.29, 1.82) is 0 Å². The summed E-state index contributed by atoms with van der Waals surface area (Å²) in [7, 11) is 0. The van der Waals surface area contributed by atoms with Gasteiger partial charge in [0.1, 0.15) is 5.69 Å². The normalized spacial score (nSPS) is 10.5. The quantitative estimate of drug-likeness (QED) is 0.722. The number of hydrogen-bond donors (Lipinski definition) is 2. The summed E-state index contributed by atoms with van der Waals surface area (Å²) in [5, 5.41) is 4.68. The van der Waals surface area contributed by atoms with E-state index < -0.39 is 0 Å². The zero-order valence-electron chi connectivity index (χ0n) is 13.2. The molecule has 0 radical (unpaired) electrons. The van der Waals surface area contributed by atoms with E-state index in [1.807, 2.05) is 37.3 Å². The predicted octanol–water partition coefficient (Wildman–Crippen LogP) is 2.39. The first-order valence-electron chi connectivity index (χ1n) is 7.69. The molecule has 24 heavy (non-hydrogen) atoms. The third-order valence-corrected chi connectivity index (χ3v) is 3.72. The highest BCUT2D eigenvalue weighted by Gasteiger charge is 2.13. The van der Waals surface area contributed by atoms with E-state index in [0.717, 1.165) is 17.4 Å². The second-order valence-corrected chi connectivity index (χ2v) is 5.35. The van der Waals surface area contributed by atoms with Gasteiger partial charge < -0.3 is 4.52 Å². The highest BCUT2D eigenvalue weighted by molar-refractivity contribution is 5.95. The Labute approximate surface area is 138 Å². The van der Waals surface area contributed by atoms with Gasteiger partial charge in [0.15, 0.2) is 5.58 Å². The number of benzene rings is 2. The van der Waals surface area contributed by atoms with E-state index in [1.54, 1.807) is 18.2 Å². The van der Waals surface area contributed by atoms with Crippen LogP contribution >= 0.6 is 0 Å². The Kier molecular flexibility index (Phi) is 4.56. The lowest BCUT2D eigenvalue weighted by Crippen LogP contribution is -2.42. The Morgan fingerprint density at radius 2 is 1.79 bits per heavy atom. The number of para-hydroxylation sites is 1. The predicted molar refractivity (Wildman–Crippen MR) is 89.1 cm³/mol. The maximum atomic E-state index is 12.0. The van der Waals surface area contributed by atoms with E-state index in [9.17, 15) is 9.59 Å². The molecule has 3 aromatic rings. The van der Waals surface area contributed by atoms with Gasteiger partial charge in [-0.25, -0.2) is 0 Å². The number of nitrogens with zero attached hydrogens (tertiary/aromatic N) is 1. The third kappa shape index (κ3) is 3.43. The van der Waals surface area contributed by atoms with Crippen molar-refractivity contribution in [3.8, 4) is 0 Å². The zero-order chi connectivity index (χ0) is 16.9. The second-order valence-electron chi connectivity index (χ2n) is 5.35. The molecule has 2 N–H and O–H groups in total. The number of carbonyl (C=O) groups is 2. The Bertz CT molecular complexity index is 869. The standard InChI is InChI=1S/C18H17N3O3/c1-2-12-7-9-13(10-8-12)18(23)20-19-17(22)11-15-14-5-3-4-6-16(14)24-21-15/h3-10H,2,11H2,1H3,(H,19,22)(H,20,23). The van der Waals surface area contributed by atoms with Gasteiger partial charge in [-0.05, 0) is 36.2 Å². The van der Waals surface area contributed by atoms with E-state index in [-0.39, 0.29) is 18.2 Å². The number of nitrogens with one attached hydrogen (secondary N) is 2. The second kappa shape index (κ2) is 6.95. The van der Waals surface area contributed by atoms with Gasteiger partial charge in [-0.15, -0.1) is 0 Å². The molecule has 3 rings (SSSR count). The van der Waals surface area contributed by atoms with Gasteiger partial charge in [-0.1, -0.05) is 36.3 Å². The summed E-state index contributed by atoms with van der Waals surface area (Å²) in [6, 6.07) is 14.5. The molecule has 2 aromatic carbocycles. The van der Waals surface area contributed by atoms with Crippen LogP contribution in [0.15, 0.2) is 53.1 Å². The van der Waals surface area contributed by atoms with Crippen molar-refractivity contribution in [3.05, 3.63) is 65.4 Å². The van der Waals surface area contributed by atoms with Crippen molar-refractivity contribution in [3.63, 3.8) is 0 Å². The number of hydrogen-bond acceptors (Lipinski definition) is 4. The lowest BCUT2D eigenvalue weighted by molar-refractivity contribution is -0.121. The van der Waals surface area contributed by atoms with Crippen molar-refractivity contribution in [1.82, 2.24) is 16.0 Å². The molecule has 0 atom stereocenters. The first kappa shape index (κ1) is 15.7. The molecular weight excluding hydrogens is 306 g/mol. The molecule has 1 aromatic heterocycles. The summed E-state index contributed by atoms with van der Waals surface area (Å²) in [6.07, 6.45) is 0.927. The van der Waals surface area contributed by atoms with Crippen LogP contribution in [0.2, 0.25) is 0 Å². The summed E-state index contributed by atoms with van der Waals surface area (Å²) < 4.78 is 5.15. The van der Waals surface area contributed by atoms with Crippen molar-refractivity contribution in [2.45, 2.75) is 19.8 Å². The summed E-state index contributed by atoms with van der Waals surface area (Å²) in [6.45, 7) is 2.04. The van der Waals surface area contributed by atoms with Gasteiger partial charge in [0.05, 0.1) is 6.42 Å². The average Bonchev–Trinajstić information content (AvgIpc) is 3.03. The van der Waals surface area contributed by atoms with Crippen LogP contribution in [0.1, 0.15) is 28.5 Å². The fourth-order valence-corrected chi connectivity index (χ4v) is 2.35. The van der Waals surface area contributed by atoms with Crippen molar-refractivity contribution in [2.24, 2.45) is 0 Å². The monoisotopic (exact) mass is 323 g/mol. The third-order valence-electron chi connectivity index (χ3n) is 3.72. The fraction of sp³-hybridized carbons (Fsp3) is 0.167. The minimum Gasteiger partial charge on any atom is -0.356 e. The number of carbonyl (C=O) groups excluding carboxylic acids is 2. The molecule has 0 saturated heterocycles. The molecule has 6 nitrogen and oxygen atoms in total. The molecule has 6 heteroatoms. The molecule has 0 aliphatic heterocycles. The number of aryl methyl sites for hydroxylation is 1. The molecule has 0 fully saturated rings. The van der Waals surface area contributed by atoms with Crippen molar-refractivity contribution in [2.75, 3.05) is 0 Å². The number of fused-ring (bicyclic) bond motifs is 1. The summed E-state index contributed by atoms with van der Waals surface area (Å²) >= 11 is 0. The summed E-state index contributed by atoms with van der Waals surface area (Å²) in [5.74, 6) is -0.733. The van der Waals surface area contributed by atoms with Crippen LogP contribution in [-0.4, -0.2) is 17.0 Å². The zero-order valence-corrected chi connectivity index (χ0v) is 13.2. The lowest BCUT2D eigenvalue weighted by atomic mass is 10.1. The smallest absolute Gasteiger partial charge is 0.269 e. The maximum absolute atomic E-state index is 12.0. The molecule has 0 saturated carbocycles. The number of rotatable bonds is 4. The topological polar surface area (TPSA) is 84.2 Å². The van der Waals surface area contributed by atoms with Crippen LogP contribution < -0.4 is 10.9 Å². The molecule has 1 heterocycles. The fourth-order valence-electron chi connectivity index (χ4n) is 2.35. The maximum Gasteiger partial charge on any atom is 0.269 e. The minimum atomic E-state index is -0.368. The van der Waals surface area contributed by atoms with Crippen molar-refractivity contribution < 1.29 is 14.1 Å². The molecular formula is C18H17N3O3. The van der Waals surface area contributed by atoms with E-state index in [2.05, 4.69) is 16.0 Å². The molecule has 2 amide bonds. The largest absolute Gasteiger partial charge is 0.356 e.